The van der Waals surface area contributed by atoms with Gasteiger partial charge in [-0.2, -0.15) is 5.10 Å². The van der Waals surface area contributed by atoms with Gasteiger partial charge in [0.05, 0.1) is 11.2 Å². The highest BCUT2D eigenvalue weighted by Gasteiger charge is 2.25. The number of rotatable bonds is 6. The molecule has 0 aromatic heterocycles. The Morgan fingerprint density at radius 1 is 0.867 bits per heavy atom. The number of hydrogen-bond acceptors (Lipinski definition) is 3. The third kappa shape index (κ3) is 4.66. The van der Waals surface area contributed by atoms with E-state index in [2.05, 4.69) is 5.10 Å². The standard InChI is InChI=1S/C20H11Cl2F5N2O/c21-12-6-11(20(13(22)7-12)30-9-10-4-2-1-3-5-10)8-28-29-19-17(26)15(24)14(23)16(25)18(19)27/h1-8,29H,9H2/b28-8-. The van der Waals surface area contributed by atoms with Gasteiger partial charge in [0.15, 0.2) is 23.3 Å². The minimum absolute atomic E-state index is 0.135. The molecule has 0 saturated carbocycles. The Kier molecular flexibility index (Phi) is 6.79. The molecule has 0 atom stereocenters. The first kappa shape index (κ1) is 21.9. The maximum absolute atomic E-state index is 13.7. The van der Waals surface area contributed by atoms with E-state index in [-0.39, 0.29) is 28.0 Å². The molecule has 0 aliphatic rings. The Bertz CT molecular complexity index is 1080. The summed E-state index contributed by atoms with van der Waals surface area (Å²) in [5, 5.41) is 3.88. The number of nitrogens with one attached hydrogen (secondary N) is 1. The van der Waals surface area contributed by atoms with Crippen LogP contribution in [0, 0.1) is 29.1 Å². The van der Waals surface area contributed by atoms with Gasteiger partial charge in [-0.15, -0.1) is 0 Å². The molecule has 3 aromatic carbocycles. The van der Waals surface area contributed by atoms with Crippen LogP contribution in [0.5, 0.6) is 5.75 Å². The van der Waals surface area contributed by atoms with Crippen molar-refractivity contribution in [3.05, 3.63) is 92.7 Å². The molecular weight excluding hydrogens is 450 g/mol. The Hall–Kier alpha value is -2.84. The van der Waals surface area contributed by atoms with E-state index in [0.717, 1.165) is 11.8 Å². The summed E-state index contributed by atoms with van der Waals surface area (Å²) in [6.07, 6.45) is 1.02. The Morgan fingerprint density at radius 2 is 1.47 bits per heavy atom. The number of halogens is 7. The molecule has 0 radical (unpaired) electrons. The van der Waals surface area contributed by atoms with Gasteiger partial charge in [0.2, 0.25) is 5.82 Å². The van der Waals surface area contributed by atoms with E-state index in [0.29, 0.717) is 0 Å². The zero-order valence-corrected chi connectivity index (χ0v) is 16.3. The highest BCUT2D eigenvalue weighted by atomic mass is 35.5. The smallest absolute Gasteiger partial charge is 0.200 e. The van der Waals surface area contributed by atoms with E-state index < -0.39 is 34.8 Å². The van der Waals surface area contributed by atoms with Crippen molar-refractivity contribution in [2.75, 3.05) is 5.43 Å². The van der Waals surface area contributed by atoms with Gasteiger partial charge in [0.25, 0.3) is 0 Å². The maximum Gasteiger partial charge on any atom is 0.200 e. The zero-order valence-electron chi connectivity index (χ0n) is 14.8. The van der Waals surface area contributed by atoms with Crippen LogP contribution < -0.4 is 10.2 Å². The minimum Gasteiger partial charge on any atom is -0.487 e. The molecule has 1 N–H and O–H groups in total. The lowest BCUT2D eigenvalue weighted by molar-refractivity contribution is 0.306. The topological polar surface area (TPSA) is 33.6 Å². The SMILES string of the molecule is Fc1c(F)c(F)c(N/N=C\c2cc(Cl)cc(Cl)c2OCc2ccccc2)c(F)c1F. The maximum atomic E-state index is 13.7. The van der Waals surface area contributed by atoms with Crippen molar-refractivity contribution in [1.82, 2.24) is 0 Å². The normalized spacial score (nSPS) is 11.2. The second-order valence-corrected chi connectivity index (χ2v) is 6.74. The number of hydrazone groups is 1. The lowest BCUT2D eigenvalue weighted by atomic mass is 10.2. The van der Waals surface area contributed by atoms with Crippen LogP contribution in [0.2, 0.25) is 10.0 Å². The van der Waals surface area contributed by atoms with Crippen molar-refractivity contribution < 1.29 is 26.7 Å². The summed E-state index contributed by atoms with van der Waals surface area (Å²) in [6.45, 7) is 0.147. The highest BCUT2D eigenvalue weighted by molar-refractivity contribution is 6.36. The molecule has 3 nitrogen and oxygen atoms in total. The molecule has 0 aliphatic carbocycles. The first-order valence-corrected chi connectivity index (χ1v) is 9.01. The molecule has 10 heteroatoms. The van der Waals surface area contributed by atoms with E-state index in [4.69, 9.17) is 27.9 Å². The van der Waals surface area contributed by atoms with Crippen LogP contribution in [-0.2, 0) is 6.61 Å². The quantitative estimate of drug-likeness (QED) is 0.146. The fourth-order valence-electron chi connectivity index (χ4n) is 2.43. The van der Waals surface area contributed by atoms with Gasteiger partial charge < -0.3 is 4.74 Å². The average Bonchev–Trinajstić information content (AvgIpc) is 2.73. The molecule has 0 aliphatic heterocycles. The van der Waals surface area contributed by atoms with Crippen LogP contribution in [0.4, 0.5) is 27.6 Å². The number of anilines is 1. The first-order chi connectivity index (χ1) is 14.3. The Morgan fingerprint density at radius 3 is 2.10 bits per heavy atom. The summed E-state index contributed by atoms with van der Waals surface area (Å²) in [6, 6.07) is 11.9. The number of benzene rings is 3. The molecule has 0 saturated heterocycles. The molecule has 30 heavy (non-hydrogen) atoms. The molecule has 0 unspecified atom stereocenters. The molecule has 0 heterocycles. The Balaban J connectivity index is 1.87. The second-order valence-electron chi connectivity index (χ2n) is 5.90. The largest absolute Gasteiger partial charge is 0.487 e. The lowest BCUT2D eigenvalue weighted by Crippen LogP contribution is -2.07. The second kappa shape index (κ2) is 9.32. The summed E-state index contributed by atoms with van der Waals surface area (Å²) in [5.41, 5.74) is 1.55. The van der Waals surface area contributed by atoms with Crippen LogP contribution >= 0.6 is 23.2 Å². The fourth-order valence-corrected chi connectivity index (χ4v) is 2.99. The van der Waals surface area contributed by atoms with E-state index in [1.807, 2.05) is 35.8 Å². The summed E-state index contributed by atoms with van der Waals surface area (Å²) in [4.78, 5) is 0. The predicted molar refractivity (Wildman–Crippen MR) is 105 cm³/mol. The van der Waals surface area contributed by atoms with Crippen LogP contribution in [0.3, 0.4) is 0 Å². The zero-order chi connectivity index (χ0) is 21.8. The van der Waals surface area contributed by atoms with E-state index in [9.17, 15) is 22.0 Å². The van der Waals surface area contributed by atoms with Gasteiger partial charge in [0, 0.05) is 10.6 Å². The number of hydrogen-bond donors (Lipinski definition) is 1. The van der Waals surface area contributed by atoms with Gasteiger partial charge in [-0.3, -0.25) is 5.43 Å². The molecule has 0 spiro atoms. The Labute approximate surface area is 177 Å². The monoisotopic (exact) mass is 460 g/mol. The molecule has 3 rings (SSSR count). The lowest BCUT2D eigenvalue weighted by Gasteiger charge is -2.12. The summed E-state index contributed by atoms with van der Waals surface area (Å²) >= 11 is 12.1. The molecule has 0 fully saturated rings. The van der Waals surface area contributed by atoms with Gasteiger partial charge in [-0.05, 0) is 17.7 Å². The third-order valence-corrected chi connectivity index (χ3v) is 4.35. The van der Waals surface area contributed by atoms with Crippen molar-refractivity contribution in [2.24, 2.45) is 5.10 Å². The summed E-state index contributed by atoms with van der Waals surface area (Å²) in [7, 11) is 0. The van der Waals surface area contributed by atoms with Crippen molar-refractivity contribution in [1.29, 1.82) is 0 Å². The van der Waals surface area contributed by atoms with Crippen LogP contribution in [0.25, 0.3) is 0 Å². The van der Waals surface area contributed by atoms with Gasteiger partial charge >= 0.3 is 0 Å². The molecule has 156 valence electrons. The predicted octanol–water partition coefficient (Wildman–Crippen LogP) is 6.71. The van der Waals surface area contributed by atoms with Crippen LogP contribution in [0.15, 0.2) is 47.6 Å². The number of nitrogens with zero attached hydrogens (tertiary/aromatic N) is 1. The van der Waals surface area contributed by atoms with Gasteiger partial charge in [-0.1, -0.05) is 53.5 Å². The van der Waals surface area contributed by atoms with E-state index >= 15 is 0 Å². The van der Waals surface area contributed by atoms with Crippen LogP contribution in [-0.4, -0.2) is 6.21 Å². The average molecular weight is 461 g/mol. The van der Waals surface area contributed by atoms with Gasteiger partial charge in [0.1, 0.15) is 18.0 Å². The van der Waals surface area contributed by atoms with Crippen molar-refractivity contribution in [3.63, 3.8) is 0 Å². The first-order valence-electron chi connectivity index (χ1n) is 8.26. The van der Waals surface area contributed by atoms with Crippen molar-refractivity contribution >= 4 is 35.1 Å². The number of ether oxygens (including phenoxy) is 1. The van der Waals surface area contributed by atoms with Crippen molar-refractivity contribution in [3.8, 4) is 5.75 Å². The third-order valence-electron chi connectivity index (χ3n) is 3.85. The van der Waals surface area contributed by atoms with Gasteiger partial charge in [-0.25, -0.2) is 22.0 Å². The van der Waals surface area contributed by atoms with Crippen molar-refractivity contribution in [2.45, 2.75) is 6.61 Å². The van der Waals surface area contributed by atoms with Crippen LogP contribution in [0.1, 0.15) is 11.1 Å². The highest BCUT2D eigenvalue weighted by Crippen LogP contribution is 2.32. The molecule has 0 amide bonds. The van der Waals surface area contributed by atoms with E-state index in [1.165, 1.54) is 12.1 Å². The molecular formula is C20H11Cl2F5N2O. The minimum atomic E-state index is -2.27. The summed E-state index contributed by atoms with van der Waals surface area (Å²) < 4.78 is 72.8. The fraction of sp³-hybridized carbons (Fsp3) is 0.0500. The summed E-state index contributed by atoms with van der Waals surface area (Å²) in [5.74, 6) is -10.4. The molecule has 0 bridgehead atoms. The van der Waals surface area contributed by atoms with E-state index in [1.54, 1.807) is 0 Å². The molecule has 3 aromatic rings.